The number of hydrogen-bond acceptors (Lipinski definition) is 6. The van der Waals surface area contributed by atoms with Gasteiger partial charge in [0.25, 0.3) is 5.69 Å². The van der Waals surface area contributed by atoms with Gasteiger partial charge in [0.05, 0.1) is 28.3 Å². The van der Waals surface area contributed by atoms with Gasteiger partial charge in [-0.1, -0.05) is 18.2 Å². The number of benzene rings is 1. The smallest absolute Gasteiger partial charge is 0.269 e. The van der Waals surface area contributed by atoms with E-state index in [4.69, 9.17) is 5.73 Å². The summed E-state index contributed by atoms with van der Waals surface area (Å²) >= 11 is 0. The third-order valence-electron chi connectivity index (χ3n) is 5.26. The molecule has 128 valence electrons. The van der Waals surface area contributed by atoms with Crippen molar-refractivity contribution >= 4 is 5.69 Å². The summed E-state index contributed by atoms with van der Waals surface area (Å²) in [5.41, 5.74) is 6.02. The fraction of sp³-hybridized carbons (Fsp3) is 0.316. The lowest BCUT2D eigenvalue weighted by Gasteiger charge is -2.43. The number of hydrogen-bond donors (Lipinski definition) is 1. The Morgan fingerprint density at radius 3 is 2.38 bits per heavy atom. The summed E-state index contributed by atoms with van der Waals surface area (Å²) in [6.45, 7) is 0. The van der Waals surface area contributed by atoms with Crippen LogP contribution in [0.2, 0.25) is 0 Å². The maximum Gasteiger partial charge on any atom is 0.269 e. The van der Waals surface area contributed by atoms with Crippen LogP contribution in [-0.4, -0.2) is 4.92 Å². The molecule has 1 aromatic carbocycles. The summed E-state index contributed by atoms with van der Waals surface area (Å²) in [5, 5.41) is 40.2. The number of nitrogens with zero attached hydrogens (tertiary/aromatic N) is 4. The molecule has 0 heterocycles. The second kappa shape index (κ2) is 6.35. The standard InChI is InChI=1S/C19H15N5O2/c20-9-16-14-3-1-2-4-15(14)17(19(10-21,11-22)18(16)23)12-5-7-13(8-6-12)24(25)26/h3,5-8,15,17H,1-2,4,23H2/t15-,17+/m0/s1. The highest BCUT2D eigenvalue weighted by atomic mass is 16.6. The molecular formula is C19H15N5O2. The zero-order valence-corrected chi connectivity index (χ0v) is 13.8. The van der Waals surface area contributed by atoms with Crippen molar-refractivity contribution in [2.24, 2.45) is 17.1 Å². The number of nitro benzene ring substituents is 1. The topological polar surface area (TPSA) is 141 Å². The lowest BCUT2D eigenvalue weighted by molar-refractivity contribution is -0.384. The summed E-state index contributed by atoms with van der Waals surface area (Å²) in [7, 11) is 0. The molecule has 0 bridgehead atoms. The highest BCUT2D eigenvalue weighted by Crippen LogP contribution is 2.55. The molecule has 2 aliphatic carbocycles. The maximum absolute atomic E-state index is 10.9. The molecule has 2 N–H and O–H groups in total. The molecular weight excluding hydrogens is 330 g/mol. The molecule has 3 rings (SSSR count). The Bertz CT molecular complexity index is 940. The molecule has 0 spiro atoms. The van der Waals surface area contributed by atoms with E-state index in [0.717, 1.165) is 24.8 Å². The lowest BCUT2D eigenvalue weighted by Crippen LogP contribution is -2.42. The fourth-order valence-corrected chi connectivity index (χ4v) is 4.05. The second-order valence-corrected chi connectivity index (χ2v) is 6.46. The molecule has 0 aliphatic heterocycles. The van der Waals surface area contributed by atoms with Crippen molar-refractivity contribution in [2.45, 2.75) is 25.2 Å². The first-order valence-electron chi connectivity index (χ1n) is 8.17. The van der Waals surface area contributed by atoms with Crippen LogP contribution in [-0.2, 0) is 0 Å². The number of nitro groups is 1. The summed E-state index contributed by atoms with van der Waals surface area (Å²) in [6, 6.07) is 12.0. The first-order valence-corrected chi connectivity index (χ1v) is 8.17. The molecule has 0 unspecified atom stereocenters. The van der Waals surface area contributed by atoms with Crippen LogP contribution in [0.1, 0.15) is 30.7 Å². The van der Waals surface area contributed by atoms with E-state index in [1.165, 1.54) is 12.1 Å². The van der Waals surface area contributed by atoms with Crippen LogP contribution in [0.3, 0.4) is 0 Å². The number of rotatable bonds is 2. The van der Waals surface area contributed by atoms with E-state index < -0.39 is 16.3 Å². The Kier molecular flexibility index (Phi) is 4.20. The van der Waals surface area contributed by atoms with Crippen LogP contribution in [0.5, 0.6) is 0 Å². The zero-order valence-electron chi connectivity index (χ0n) is 13.8. The third kappa shape index (κ3) is 2.32. The van der Waals surface area contributed by atoms with Crippen LogP contribution in [0.15, 0.2) is 47.2 Å². The predicted octanol–water partition coefficient (Wildman–Crippen LogP) is 3.19. The van der Waals surface area contributed by atoms with Gasteiger partial charge in [-0.25, -0.2) is 0 Å². The monoisotopic (exact) mass is 345 g/mol. The minimum absolute atomic E-state index is 0.0299. The van der Waals surface area contributed by atoms with Gasteiger partial charge in [-0.2, -0.15) is 15.8 Å². The molecule has 2 atom stereocenters. The van der Waals surface area contributed by atoms with Gasteiger partial charge in [0, 0.05) is 18.1 Å². The number of allylic oxidation sites excluding steroid dienone is 4. The Morgan fingerprint density at radius 1 is 1.19 bits per heavy atom. The van der Waals surface area contributed by atoms with Crippen LogP contribution in [0.25, 0.3) is 0 Å². The molecule has 0 radical (unpaired) electrons. The zero-order chi connectivity index (χ0) is 18.9. The fourth-order valence-electron chi connectivity index (χ4n) is 4.05. The minimum atomic E-state index is -1.68. The number of nitrogens with two attached hydrogens (primary N) is 1. The van der Waals surface area contributed by atoms with Crippen molar-refractivity contribution in [3.63, 3.8) is 0 Å². The van der Waals surface area contributed by atoms with Gasteiger partial charge in [-0.15, -0.1) is 0 Å². The average Bonchev–Trinajstić information content (AvgIpc) is 2.67. The largest absolute Gasteiger partial charge is 0.399 e. The number of nitriles is 3. The van der Waals surface area contributed by atoms with E-state index in [1.54, 1.807) is 12.1 Å². The van der Waals surface area contributed by atoms with Crippen molar-refractivity contribution in [3.05, 3.63) is 62.9 Å². The van der Waals surface area contributed by atoms with Gasteiger partial charge in [-0.05, 0) is 36.3 Å². The van der Waals surface area contributed by atoms with Crippen molar-refractivity contribution in [3.8, 4) is 18.2 Å². The molecule has 7 nitrogen and oxygen atoms in total. The van der Waals surface area contributed by atoms with Crippen LogP contribution < -0.4 is 5.73 Å². The van der Waals surface area contributed by atoms with Gasteiger partial charge in [0.2, 0.25) is 0 Å². The van der Waals surface area contributed by atoms with Gasteiger partial charge in [-0.3, -0.25) is 10.1 Å². The SMILES string of the molecule is N#CC1=C(N)C(C#N)(C#N)[C@H](c2ccc([N+](=O)[O-])cc2)[C@H]2CCCC=C12. The molecule has 1 aromatic rings. The van der Waals surface area contributed by atoms with E-state index in [1.807, 2.05) is 18.2 Å². The average molecular weight is 345 g/mol. The molecule has 0 saturated heterocycles. The molecule has 0 aromatic heterocycles. The highest BCUT2D eigenvalue weighted by Gasteiger charge is 2.53. The highest BCUT2D eigenvalue weighted by molar-refractivity contribution is 5.59. The Morgan fingerprint density at radius 2 is 1.85 bits per heavy atom. The summed E-state index contributed by atoms with van der Waals surface area (Å²) in [4.78, 5) is 10.4. The van der Waals surface area contributed by atoms with E-state index in [2.05, 4.69) is 6.07 Å². The minimum Gasteiger partial charge on any atom is -0.399 e. The number of fused-ring (bicyclic) bond motifs is 1. The van der Waals surface area contributed by atoms with Gasteiger partial charge < -0.3 is 5.73 Å². The summed E-state index contributed by atoms with van der Waals surface area (Å²) < 4.78 is 0. The first-order chi connectivity index (χ1) is 12.5. The van der Waals surface area contributed by atoms with E-state index in [0.29, 0.717) is 5.56 Å². The van der Waals surface area contributed by atoms with Gasteiger partial charge >= 0.3 is 0 Å². The van der Waals surface area contributed by atoms with Crippen molar-refractivity contribution < 1.29 is 4.92 Å². The van der Waals surface area contributed by atoms with Crippen molar-refractivity contribution in [2.75, 3.05) is 0 Å². The van der Waals surface area contributed by atoms with E-state index in [-0.39, 0.29) is 22.9 Å². The molecule has 0 amide bonds. The maximum atomic E-state index is 10.9. The van der Waals surface area contributed by atoms with Gasteiger partial charge in [0.1, 0.15) is 6.07 Å². The number of non-ortho nitro benzene ring substituents is 1. The van der Waals surface area contributed by atoms with E-state index in [9.17, 15) is 25.9 Å². The van der Waals surface area contributed by atoms with Crippen molar-refractivity contribution in [1.82, 2.24) is 0 Å². The molecule has 7 heteroatoms. The predicted molar refractivity (Wildman–Crippen MR) is 91.7 cm³/mol. The Balaban J connectivity index is 2.26. The summed E-state index contributed by atoms with van der Waals surface area (Å²) in [5.74, 6) is -0.784. The van der Waals surface area contributed by atoms with Crippen molar-refractivity contribution in [1.29, 1.82) is 15.8 Å². The molecule has 0 fully saturated rings. The first kappa shape index (κ1) is 17.2. The normalized spacial score (nSPS) is 23.7. The van der Waals surface area contributed by atoms with Crippen LogP contribution in [0.4, 0.5) is 5.69 Å². The summed E-state index contributed by atoms with van der Waals surface area (Å²) in [6.07, 6.45) is 4.36. The quantitative estimate of drug-likeness (QED) is 0.644. The van der Waals surface area contributed by atoms with Gasteiger partial charge in [0.15, 0.2) is 5.41 Å². The molecule has 26 heavy (non-hydrogen) atoms. The Labute approximate surface area is 150 Å². The Hall–Kier alpha value is -3.63. The second-order valence-electron chi connectivity index (χ2n) is 6.46. The molecule has 0 saturated carbocycles. The lowest BCUT2D eigenvalue weighted by atomic mass is 9.57. The van der Waals surface area contributed by atoms with Crippen LogP contribution in [0, 0.1) is 55.4 Å². The third-order valence-corrected chi connectivity index (χ3v) is 5.26. The molecule has 2 aliphatic rings. The van der Waals surface area contributed by atoms with Crippen LogP contribution >= 0.6 is 0 Å². The van der Waals surface area contributed by atoms with E-state index >= 15 is 0 Å².